The van der Waals surface area contributed by atoms with Crippen molar-refractivity contribution in [3.8, 4) is 5.75 Å². The van der Waals surface area contributed by atoms with Crippen molar-refractivity contribution < 1.29 is 14.9 Å². The van der Waals surface area contributed by atoms with Crippen molar-refractivity contribution in [2.75, 3.05) is 34.9 Å². The van der Waals surface area contributed by atoms with Crippen molar-refractivity contribution in [2.24, 2.45) is 5.41 Å². The maximum atomic E-state index is 9.50. The third kappa shape index (κ3) is 10.7. The number of hydrogen-bond donors (Lipinski definition) is 5. The second-order valence-electron chi connectivity index (χ2n) is 7.71. The topological polar surface area (TPSA) is 124 Å². The molecule has 0 saturated heterocycles. The summed E-state index contributed by atoms with van der Waals surface area (Å²) in [4.78, 5) is 2.22. The molecule has 0 amide bonds. The second kappa shape index (κ2) is 15.5. The first-order valence-corrected chi connectivity index (χ1v) is 10.5. The van der Waals surface area contributed by atoms with Gasteiger partial charge in [0, 0.05) is 37.1 Å². The molecule has 33 heavy (non-hydrogen) atoms. The number of benzene rings is 2. The fourth-order valence-corrected chi connectivity index (χ4v) is 3.15. The lowest BCUT2D eigenvalue weighted by Gasteiger charge is -2.19. The summed E-state index contributed by atoms with van der Waals surface area (Å²) >= 11 is 0. The number of ether oxygens (including phenoxy) is 1. The number of aliphatic hydroxyl groups is 1. The zero-order valence-corrected chi connectivity index (χ0v) is 20.4. The Hall–Kier alpha value is -3.29. The number of allylic oxidation sites excluding steroid dienone is 1. The van der Waals surface area contributed by atoms with Crippen LogP contribution in [0.3, 0.4) is 0 Å². The predicted octanol–water partition coefficient (Wildman–Crippen LogP) is 4.69. The van der Waals surface area contributed by atoms with Gasteiger partial charge >= 0.3 is 0 Å². The van der Waals surface area contributed by atoms with E-state index in [2.05, 4.69) is 48.7 Å². The van der Waals surface area contributed by atoms with E-state index in [9.17, 15) is 5.11 Å². The standard InChI is InChI=1S/C21H24N2O.C3H7NO.CH3N.CH4O/c1-23(2)15-21(12-13-21)14-19(16-6-4-3-5-7-16)20(22)17-8-10-18(24)11-9-17;1-3(4)5-2;2*1-2/h3-11,14,22,24H,12-13,15H2,1-2H3;4H,1-2H3;2H,1H2;2H,1H3/b19-14+,22-20?;;;. The van der Waals surface area contributed by atoms with Crippen LogP contribution in [-0.4, -0.2) is 68.3 Å². The van der Waals surface area contributed by atoms with Gasteiger partial charge in [0.15, 0.2) is 5.90 Å². The maximum Gasteiger partial charge on any atom is 0.176 e. The summed E-state index contributed by atoms with van der Waals surface area (Å²) in [7, 11) is 6.67. The Labute approximate surface area is 197 Å². The van der Waals surface area contributed by atoms with Crippen LogP contribution in [0.15, 0.2) is 60.7 Å². The Balaban J connectivity index is 0.000000991. The van der Waals surface area contributed by atoms with Crippen molar-refractivity contribution in [1.82, 2.24) is 4.90 Å². The van der Waals surface area contributed by atoms with E-state index >= 15 is 0 Å². The lowest BCUT2D eigenvalue weighted by atomic mass is 9.91. The zero-order chi connectivity index (χ0) is 25.4. The van der Waals surface area contributed by atoms with Crippen LogP contribution < -0.4 is 0 Å². The summed E-state index contributed by atoms with van der Waals surface area (Å²) < 4.78 is 4.33. The van der Waals surface area contributed by atoms with Crippen LogP contribution >= 0.6 is 0 Å². The molecule has 0 spiro atoms. The summed E-state index contributed by atoms with van der Waals surface area (Å²) in [6.07, 6.45) is 4.63. The van der Waals surface area contributed by atoms with Crippen LogP contribution in [-0.2, 0) is 4.74 Å². The van der Waals surface area contributed by atoms with Crippen LogP contribution in [0.5, 0.6) is 5.75 Å². The van der Waals surface area contributed by atoms with Crippen molar-refractivity contribution in [1.29, 1.82) is 16.2 Å². The van der Waals surface area contributed by atoms with Gasteiger partial charge in [-0.15, -0.1) is 0 Å². The lowest BCUT2D eigenvalue weighted by Crippen LogP contribution is -2.22. The van der Waals surface area contributed by atoms with Crippen molar-refractivity contribution >= 4 is 23.9 Å². The highest BCUT2D eigenvalue weighted by molar-refractivity contribution is 6.30. The van der Waals surface area contributed by atoms with E-state index in [-0.39, 0.29) is 17.1 Å². The molecule has 7 nitrogen and oxygen atoms in total. The second-order valence-corrected chi connectivity index (χ2v) is 7.71. The summed E-state index contributed by atoms with van der Waals surface area (Å²) in [6.45, 7) is 5.09. The Kier molecular flexibility index (Phi) is 14.0. The fraction of sp³-hybridized carbons (Fsp3) is 0.346. The highest BCUT2D eigenvalue weighted by atomic mass is 16.5. The van der Waals surface area contributed by atoms with Crippen LogP contribution in [0.25, 0.3) is 5.57 Å². The molecule has 1 saturated carbocycles. The van der Waals surface area contributed by atoms with Gasteiger partial charge in [0.25, 0.3) is 0 Å². The number of phenolic OH excluding ortho intramolecular Hbond substituents is 1. The highest BCUT2D eigenvalue weighted by Gasteiger charge is 2.41. The molecule has 0 unspecified atom stereocenters. The number of nitrogens with zero attached hydrogens (tertiary/aromatic N) is 1. The normalized spacial score (nSPS) is 13.1. The molecule has 0 bridgehead atoms. The highest BCUT2D eigenvalue weighted by Crippen LogP contribution is 2.49. The Morgan fingerprint density at radius 2 is 1.48 bits per heavy atom. The average Bonchev–Trinajstić information content (AvgIpc) is 3.59. The first-order chi connectivity index (χ1) is 15.8. The number of phenols is 1. The molecular formula is C26H38N4O3. The lowest BCUT2D eigenvalue weighted by molar-refractivity contribution is 0.348. The van der Waals surface area contributed by atoms with Crippen molar-refractivity contribution in [2.45, 2.75) is 19.8 Å². The van der Waals surface area contributed by atoms with Crippen molar-refractivity contribution in [3.05, 3.63) is 71.8 Å². The van der Waals surface area contributed by atoms with Crippen LogP contribution in [0.1, 0.15) is 30.9 Å². The van der Waals surface area contributed by atoms with Crippen LogP contribution in [0, 0.1) is 21.6 Å². The van der Waals surface area contributed by atoms with E-state index in [1.807, 2.05) is 18.2 Å². The zero-order valence-electron chi connectivity index (χ0n) is 20.4. The van der Waals surface area contributed by atoms with Gasteiger partial charge in [-0.05, 0) is 63.5 Å². The van der Waals surface area contributed by atoms with E-state index in [0.29, 0.717) is 5.71 Å². The summed E-state index contributed by atoms with van der Waals surface area (Å²) in [5, 5.41) is 37.2. The molecule has 0 aromatic heterocycles. The molecule has 5 N–H and O–H groups in total. The third-order valence-electron chi connectivity index (χ3n) is 4.79. The third-order valence-corrected chi connectivity index (χ3v) is 4.79. The smallest absolute Gasteiger partial charge is 0.176 e. The minimum absolute atomic E-state index is 0.178. The molecular weight excluding hydrogens is 416 g/mol. The quantitative estimate of drug-likeness (QED) is 0.321. The van der Waals surface area contributed by atoms with Gasteiger partial charge in [-0.3, -0.25) is 10.8 Å². The summed E-state index contributed by atoms with van der Waals surface area (Å²) in [5.74, 6) is 0.480. The van der Waals surface area contributed by atoms with E-state index in [1.54, 1.807) is 31.2 Å². The number of nitrogens with one attached hydrogen (secondary N) is 3. The molecule has 2 aromatic carbocycles. The Bertz CT molecular complexity index is 874. The van der Waals surface area contributed by atoms with E-state index in [1.165, 1.54) is 20.0 Å². The SMILES string of the molecule is C=N.CN(C)CC1(/C=C(/C(=N)c2ccc(O)cc2)c2ccccc2)CC1.CO.COC(C)=N. The summed E-state index contributed by atoms with van der Waals surface area (Å²) in [6, 6.07) is 17.0. The van der Waals surface area contributed by atoms with Gasteiger partial charge in [-0.25, -0.2) is 0 Å². The molecule has 1 fully saturated rings. The van der Waals surface area contributed by atoms with Crippen LogP contribution in [0.4, 0.5) is 0 Å². The predicted molar refractivity (Wildman–Crippen MR) is 138 cm³/mol. The molecule has 1 aliphatic rings. The fourth-order valence-electron chi connectivity index (χ4n) is 3.15. The van der Waals surface area contributed by atoms with Gasteiger partial charge in [0.05, 0.1) is 12.8 Å². The van der Waals surface area contributed by atoms with Gasteiger partial charge < -0.3 is 25.3 Å². The van der Waals surface area contributed by atoms with E-state index in [4.69, 9.17) is 21.3 Å². The number of hydrogen-bond acceptors (Lipinski definition) is 7. The largest absolute Gasteiger partial charge is 0.508 e. The van der Waals surface area contributed by atoms with Crippen LogP contribution in [0.2, 0.25) is 0 Å². The molecule has 0 heterocycles. The molecule has 3 rings (SSSR count). The molecule has 1 aliphatic carbocycles. The summed E-state index contributed by atoms with van der Waals surface area (Å²) in [5.41, 5.74) is 3.55. The first-order valence-electron chi connectivity index (χ1n) is 10.5. The number of methoxy groups -OCH3 is 1. The molecule has 0 atom stereocenters. The van der Waals surface area contributed by atoms with E-state index < -0.39 is 0 Å². The van der Waals surface area contributed by atoms with Gasteiger partial charge in [0.2, 0.25) is 0 Å². The van der Waals surface area contributed by atoms with Gasteiger partial charge in [0.1, 0.15) is 5.75 Å². The number of aliphatic hydroxyl groups excluding tert-OH is 1. The minimum atomic E-state index is 0.178. The van der Waals surface area contributed by atoms with Crippen molar-refractivity contribution in [3.63, 3.8) is 0 Å². The Morgan fingerprint density at radius 3 is 1.88 bits per heavy atom. The molecule has 7 heteroatoms. The monoisotopic (exact) mass is 454 g/mol. The van der Waals surface area contributed by atoms with Gasteiger partial charge in [-0.2, -0.15) is 0 Å². The Morgan fingerprint density at radius 1 is 1.00 bits per heavy atom. The maximum absolute atomic E-state index is 9.50. The molecule has 0 aliphatic heterocycles. The average molecular weight is 455 g/mol. The number of aromatic hydroxyl groups is 1. The molecule has 2 aromatic rings. The number of rotatable bonds is 6. The molecule has 180 valence electrons. The minimum Gasteiger partial charge on any atom is -0.508 e. The van der Waals surface area contributed by atoms with E-state index in [0.717, 1.165) is 30.4 Å². The first kappa shape index (κ1) is 29.7. The molecule has 0 radical (unpaired) electrons. The van der Waals surface area contributed by atoms with Gasteiger partial charge in [-0.1, -0.05) is 36.4 Å².